The number of ether oxygens (including phenoxy) is 1. The number of aryl methyl sites for hydroxylation is 1. The molecule has 2 amide bonds. The normalized spacial score (nSPS) is 11.0. The van der Waals surface area contributed by atoms with Crippen LogP contribution in [0.2, 0.25) is 0 Å². The molecule has 0 aliphatic carbocycles. The van der Waals surface area contributed by atoms with Crippen LogP contribution in [0.15, 0.2) is 42.6 Å². The van der Waals surface area contributed by atoms with E-state index in [0.717, 1.165) is 17.9 Å². The second kappa shape index (κ2) is 8.51. The van der Waals surface area contributed by atoms with Gasteiger partial charge in [0.25, 0.3) is 0 Å². The molecule has 134 valence electrons. The van der Waals surface area contributed by atoms with Crippen LogP contribution in [0.5, 0.6) is 5.75 Å². The number of benzene rings is 1. The Morgan fingerprint density at radius 3 is 2.44 bits per heavy atom. The fourth-order valence-electron chi connectivity index (χ4n) is 2.23. The topological polar surface area (TPSA) is 63.2 Å². The van der Waals surface area contributed by atoms with Crippen molar-refractivity contribution in [1.82, 2.24) is 10.3 Å². The van der Waals surface area contributed by atoms with Crippen LogP contribution in [-0.4, -0.2) is 24.2 Å². The zero-order valence-corrected chi connectivity index (χ0v) is 15.4. The van der Waals surface area contributed by atoms with Crippen LogP contribution >= 0.6 is 0 Å². The Balaban J connectivity index is 1.64. The number of aromatic nitrogens is 1. The Morgan fingerprint density at radius 1 is 1.12 bits per heavy atom. The van der Waals surface area contributed by atoms with Crippen molar-refractivity contribution in [3.05, 3.63) is 53.9 Å². The molecule has 5 heteroatoms. The van der Waals surface area contributed by atoms with Crippen molar-refractivity contribution >= 4 is 11.7 Å². The average Bonchev–Trinajstić information content (AvgIpc) is 2.56. The molecule has 1 aromatic carbocycles. The Kier molecular flexibility index (Phi) is 6.39. The maximum atomic E-state index is 11.8. The smallest absolute Gasteiger partial charge is 0.319 e. The molecule has 1 aromatic heterocycles. The molecule has 5 nitrogen and oxygen atoms in total. The van der Waals surface area contributed by atoms with Gasteiger partial charge in [0.2, 0.25) is 0 Å². The summed E-state index contributed by atoms with van der Waals surface area (Å²) in [6, 6.07) is 11.6. The molecule has 2 N–H and O–H groups in total. The Morgan fingerprint density at radius 2 is 1.84 bits per heavy atom. The van der Waals surface area contributed by atoms with Gasteiger partial charge in [-0.25, -0.2) is 4.79 Å². The molecular formula is C20H27N3O2. The van der Waals surface area contributed by atoms with Gasteiger partial charge in [-0.05, 0) is 48.6 Å². The number of carbonyl (C=O) groups is 1. The molecule has 0 saturated carbocycles. The molecule has 0 aliphatic heterocycles. The summed E-state index contributed by atoms with van der Waals surface area (Å²) in [5.41, 5.74) is 3.02. The average molecular weight is 341 g/mol. The van der Waals surface area contributed by atoms with Crippen molar-refractivity contribution in [2.75, 3.05) is 18.5 Å². The van der Waals surface area contributed by atoms with Crippen LogP contribution in [0.25, 0.3) is 0 Å². The van der Waals surface area contributed by atoms with E-state index in [0.29, 0.717) is 18.8 Å². The molecule has 0 saturated heterocycles. The molecule has 1 heterocycles. The number of pyridine rings is 1. The minimum Gasteiger partial charge on any atom is -0.494 e. The van der Waals surface area contributed by atoms with Gasteiger partial charge in [0.15, 0.2) is 0 Å². The van der Waals surface area contributed by atoms with E-state index in [-0.39, 0.29) is 11.4 Å². The highest BCUT2D eigenvalue weighted by atomic mass is 16.5. The fourth-order valence-corrected chi connectivity index (χ4v) is 2.23. The Hall–Kier alpha value is -2.56. The van der Waals surface area contributed by atoms with E-state index in [1.807, 2.05) is 31.2 Å². The van der Waals surface area contributed by atoms with E-state index in [4.69, 9.17) is 4.74 Å². The van der Waals surface area contributed by atoms with Crippen LogP contribution in [0.3, 0.4) is 0 Å². The van der Waals surface area contributed by atoms with Gasteiger partial charge in [-0.1, -0.05) is 32.9 Å². The molecule has 0 spiro atoms. The summed E-state index contributed by atoms with van der Waals surface area (Å²) in [5, 5.41) is 5.55. The summed E-state index contributed by atoms with van der Waals surface area (Å²) >= 11 is 0. The van der Waals surface area contributed by atoms with E-state index >= 15 is 0 Å². The van der Waals surface area contributed by atoms with Crippen molar-refractivity contribution < 1.29 is 9.53 Å². The third-order valence-corrected chi connectivity index (χ3v) is 3.76. The lowest BCUT2D eigenvalue weighted by molar-refractivity contribution is 0.250. The van der Waals surface area contributed by atoms with Crippen LogP contribution in [0.1, 0.15) is 38.4 Å². The zero-order chi connectivity index (χ0) is 18.3. The lowest BCUT2D eigenvalue weighted by Gasteiger charge is -2.19. The molecule has 0 fully saturated rings. The van der Waals surface area contributed by atoms with Gasteiger partial charge >= 0.3 is 6.03 Å². The third kappa shape index (κ3) is 6.45. The molecule has 0 radical (unpaired) electrons. The molecule has 0 aliphatic rings. The Bertz CT molecular complexity index is 674. The first-order valence-electron chi connectivity index (χ1n) is 8.55. The maximum absolute atomic E-state index is 11.8. The van der Waals surface area contributed by atoms with E-state index < -0.39 is 0 Å². The number of amides is 2. The van der Waals surface area contributed by atoms with Gasteiger partial charge in [-0.2, -0.15) is 0 Å². The summed E-state index contributed by atoms with van der Waals surface area (Å²) in [6.45, 7) is 9.57. The van der Waals surface area contributed by atoms with Gasteiger partial charge in [0, 0.05) is 12.2 Å². The third-order valence-electron chi connectivity index (χ3n) is 3.76. The summed E-state index contributed by atoms with van der Waals surface area (Å²) in [7, 11) is 0. The van der Waals surface area contributed by atoms with Crippen molar-refractivity contribution in [3.63, 3.8) is 0 Å². The molecule has 2 aromatic rings. The van der Waals surface area contributed by atoms with Gasteiger partial charge in [0.1, 0.15) is 5.75 Å². The quantitative estimate of drug-likeness (QED) is 0.771. The fraction of sp³-hybridized carbons (Fsp3) is 0.400. The number of hydrogen-bond donors (Lipinski definition) is 2. The van der Waals surface area contributed by atoms with Gasteiger partial charge in [-0.15, -0.1) is 0 Å². The highest BCUT2D eigenvalue weighted by Crippen LogP contribution is 2.24. The maximum Gasteiger partial charge on any atom is 0.319 e. The number of hydrogen-bond acceptors (Lipinski definition) is 3. The first-order valence-corrected chi connectivity index (χ1v) is 8.55. The predicted octanol–water partition coefficient (Wildman–Crippen LogP) is 4.28. The van der Waals surface area contributed by atoms with Gasteiger partial charge < -0.3 is 15.4 Å². The number of nitrogens with one attached hydrogen (secondary N) is 2. The second-order valence-corrected chi connectivity index (χ2v) is 7.05. The van der Waals surface area contributed by atoms with Crippen LogP contribution < -0.4 is 15.4 Å². The number of urea groups is 1. The predicted molar refractivity (Wildman–Crippen MR) is 101 cm³/mol. The summed E-state index contributed by atoms with van der Waals surface area (Å²) in [4.78, 5) is 15.9. The van der Waals surface area contributed by atoms with Crippen molar-refractivity contribution in [3.8, 4) is 5.75 Å². The van der Waals surface area contributed by atoms with Crippen molar-refractivity contribution in [2.24, 2.45) is 0 Å². The Labute approximate surface area is 149 Å². The standard InChI is InChI=1S/C20H27N3O2/c1-15-6-9-17(14-22-15)23-19(24)21-12-5-13-25-18-10-7-16(8-11-18)20(2,3)4/h6-11,14H,5,12-13H2,1-4H3,(H2,21,23,24). The lowest BCUT2D eigenvalue weighted by atomic mass is 9.87. The minimum atomic E-state index is -0.236. The molecule has 0 unspecified atom stereocenters. The SMILES string of the molecule is Cc1ccc(NC(=O)NCCCOc2ccc(C(C)(C)C)cc2)cn1. The van der Waals surface area contributed by atoms with E-state index in [1.54, 1.807) is 6.20 Å². The van der Waals surface area contributed by atoms with Crippen molar-refractivity contribution in [2.45, 2.75) is 39.5 Å². The molecule has 2 rings (SSSR count). The van der Waals surface area contributed by atoms with E-state index in [2.05, 4.69) is 48.5 Å². The number of anilines is 1. The van der Waals surface area contributed by atoms with E-state index in [9.17, 15) is 4.79 Å². The number of carbonyl (C=O) groups excluding carboxylic acids is 1. The highest BCUT2D eigenvalue weighted by Gasteiger charge is 2.12. The monoisotopic (exact) mass is 341 g/mol. The van der Waals surface area contributed by atoms with Crippen LogP contribution in [0, 0.1) is 6.92 Å². The van der Waals surface area contributed by atoms with Gasteiger partial charge in [0.05, 0.1) is 18.5 Å². The minimum absolute atomic E-state index is 0.142. The first kappa shape index (κ1) is 18.8. The second-order valence-electron chi connectivity index (χ2n) is 7.05. The summed E-state index contributed by atoms with van der Waals surface area (Å²) in [5.74, 6) is 0.850. The number of nitrogens with zero attached hydrogens (tertiary/aromatic N) is 1. The van der Waals surface area contributed by atoms with Gasteiger partial charge in [-0.3, -0.25) is 4.98 Å². The molecular weight excluding hydrogens is 314 g/mol. The van der Waals surface area contributed by atoms with Crippen LogP contribution in [0.4, 0.5) is 10.5 Å². The first-order chi connectivity index (χ1) is 11.8. The van der Waals surface area contributed by atoms with Crippen molar-refractivity contribution in [1.29, 1.82) is 0 Å². The van der Waals surface area contributed by atoms with E-state index in [1.165, 1.54) is 5.56 Å². The molecule has 25 heavy (non-hydrogen) atoms. The zero-order valence-electron chi connectivity index (χ0n) is 15.4. The molecule has 0 bridgehead atoms. The highest BCUT2D eigenvalue weighted by molar-refractivity contribution is 5.88. The largest absolute Gasteiger partial charge is 0.494 e. The lowest BCUT2D eigenvalue weighted by Crippen LogP contribution is -2.30. The molecule has 0 atom stereocenters. The summed E-state index contributed by atoms with van der Waals surface area (Å²) < 4.78 is 5.71. The van der Waals surface area contributed by atoms with Crippen LogP contribution in [-0.2, 0) is 5.41 Å². The summed E-state index contributed by atoms with van der Waals surface area (Å²) in [6.07, 6.45) is 2.37. The number of rotatable bonds is 6.